The molecule has 0 unspecified atom stereocenters. The molecule has 0 fully saturated rings. The minimum absolute atomic E-state index is 0.0897. The van der Waals surface area contributed by atoms with Crippen LogP contribution in [0.3, 0.4) is 0 Å². The SMILES string of the molecule is CC1(C)c2cccc3c2B2c4c(cccc4C(C)(C)c4cc(-c5ccc(-c6ccc(-c7cc8c9c(c7)C(C)(C)c7cccc%10c7B9c7c(cccc7C8(C)C)C%10)s6)s5)cc1c42)C3. The lowest BCUT2D eigenvalue weighted by Gasteiger charge is -2.49. The summed E-state index contributed by atoms with van der Waals surface area (Å²) in [4.78, 5) is 5.41. The van der Waals surface area contributed by atoms with Gasteiger partial charge in [0.1, 0.15) is 0 Å². The molecule has 8 heterocycles. The molecule has 6 aliphatic rings. The number of hydrogen-bond donors (Lipinski definition) is 0. The first kappa shape index (κ1) is 36.3. The van der Waals surface area contributed by atoms with Crippen LogP contribution >= 0.6 is 22.7 Å². The minimum Gasteiger partial charge on any atom is -0.134 e. The van der Waals surface area contributed by atoms with E-state index in [-0.39, 0.29) is 21.7 Å². The lowest BCUT2D eigenvalue weighted by atomic mass is 9.25. The Bertz CT molecular complexity index is 2980. The predicted molar refractivity (Wildman–Crippen MR) is 268 cm³/mol. The molecule has 0 amide bonds. The molecule has 0 saturated heterocycles. The van der Waals surface area contributed by atoms with E-state index in [1.165, 1.54) is 97.4 Å². The zero-order valence-electron chi connectivity index (χ0n) is 36.9. The van der Waals surface area contributed by atoms with Crippen LogP contribution in [0.15, 0.2) is 121 Å². The van der Waals surface area contributed by atoms with Crippen molar-refractivity contribution in [2.45, 2.75) is 89.9 Å². The van der Waals surface area contributed by atoms with Crippen LogP contribution in [-0.2, 0) is 34.5 Å². The highest BCUT2D eigenvalue weighted by Gasteiger charge is 2.53. The summed E-state index contributed by atoms with van der Waals surface area (Å²) in [5.74, 6) is 0. The van der Waals surface area contributed by atoms with Crippen molar-refractivity contribution in [2.24, 2.45) is 0 Å². The largest absolute Gasteiger partial charge is 0.243 e. The molecular formula is C58H48B2S2. The molecule has 6 aliphatic heterocycles. The van der Waals surface area contributed by atoms with Crippen LogP contribution in [-0.4, -0.2) is 13.4 Å². The maximum atomic E-state index is 2.58. The van der Waals surface area contributed by atoms with E-state index in [0.29, 0.717) is 13.4 Å². The van der Waals surface area contributed by atoms with Gasteiger partial charge in [-0.25, -0.2) is 0 Å². The zero-order valence-corrected chi connectivity index (χ0v) is 38.6. The van der Waals surface area contributed by atoms with E-state index in [9.17, 15) is 0 Å². The van der Waals surface area contributed by atoms with Gasteiger partial charge in [0, 0.05) is 41.2 Å². The second-order valence-corrected chi connectivity index (χ2v) is 23.7. The van der Waals surface area contributed by atoms with Crippen molar-refractivity contribution >= 4 is 68.9 Å². The zero-order chi connectivity index (χ0) is 42.0. The summed E-state index contributed by atoms with van der Waals surface area (Å²) in [6, 6.07) is 48.4. The first-order valence-corrected chi connectivity index (χ1v) is 24.5. The van der Waals surface area contributed by atoms with E-state index in [0.717, 1.165) is 12.8 Å². The lowest BCUT2D eigenvalue weighted by molar-refractivity contribution is 0.620. The normalized spacial score (nSPS) is 18.3. The van der Waals surface area contributed by atoms with E-state index in [1.54, 1.807) is 32.8 Å². The number of thiophene rings is 2. The van der Waals surface area contributed by atoms with Gasteiger partial charge in [-0.05, 0) is 139 Å². The van der Waals surface area contributed by atoms with Crippen molar-refractivity contribution in [3.8, 4) is 30.6 Å². The lowest BCUT2D eigenvalue weighted by Crippen LogP contribution is -2.69. The number of benzene rings is 6. The Labute approximate surface area is 375 Å². The van der Waals surface area contributed by atoms with E-state index >= 15 is 0 Å². The number of rotatable bonds is 3. The molecule has 0 nitrogen and oxygen atoms in total. The van der Waals surface area contributed by atoms with Crippen LogP contribution in [0, 0.1) is 0 Å². The van der Waals surface area contributed by atoms with Gasteiger partial charge in [0.15, 0.2) is 0 Å². The van der Waals surface area contributed by atoms with Gasteiger partial charge in [-0.3, -0.25) is 0 Å². The van der Waals surface area contributed by atoms with Gasteiger partial charge in [0.05, 0.1) is 0 Å². The van der Waals surface area contributed by atoms with E-state index in [2.05, 4.69) is 177 Å². The molecule has 298 valence electrons. The molecule has 6 aromatic carbocycles. The fraction of sp³-hybridized carbons (Fsp3) is 0.241. The summed E-state index contributed by atoms with van der Waals surface area (Å²) in [6.07, 6.45) is 2.07. The van der Waals surface area contributed by atoms with Gasteiger partial charge in [-0.1, -0.05) is 161 Å². The van der Waals surface area contributed by atoms with Crippen LogP contribution in [0.2, 0.25) is 0 Å². The summed E-state index contributed by atoms with van der Waals surface area (Å²) in [7, 11) is 0. The quantitative estimate of drug-likeness (QED) is 0.156. The van der Waals surface area contributed by atoms with Gasteiger partial charge in [0.25, 0.3) is 0 Å². The Morgan fingerprint density at radius 1 is 0.323 bits per heavy atom. The molecular weight excluding hydrogens is 782 g/mol. The van der Waals surface area contributed by atoms with E-state index in [4.69, 9.17) is 0 Å². The summed E-state index contributed by atoms with van der Waals surface area (Å²) in [5, 5.41) is 0. The second-order valence-electron chi connectivity index (χ2n) is 21.5. The van der Waals surface area contributed by atoms with Crippen LogP contribution < -0.4 is 32.8 Å². The van der Waals surface area contributed by atoms with Crippen LogP contribution in [0.25, 0.3) is 30.6 Å². The third-order valence-corrected chi connectivity index (χ3v) is 19.5. The highest BCUT2D eigenvalue weighted by atomic mass is 32.1. The smallest absolute Gasteiger partial charge is 0.134 e. The molecule has 4 heteroatoms. The van der Waals surface area contributed by atoms with Crippen molar-refractivity contribution in [2.75, 3.05) is 0 Å². The topological polar surface area (TPSA) is 0 Å². The van der Waals surface area contributed by atoms with Gasteiger partial charge in [-0.2, -0.15) is 0 Å². The first-order chi connectivity index (χ1) is 29.7. The second kappa shape index (κ2) is 11.5. The van der Waals surface area contributed by atoms with E-state index in [1.807, 2.05) is 22.7 Å². The van der Waals surface area contributed by atoms with Gasteiger partial charge < -0.3 is 0 Å². The summed E-state index contributed by atoms with van der Waals surface area (Å²) in [6.45, 7) is 20.5. The average molecular weight is 831 g/mol. The standard InChI is InChI=1S/C58H48B2S2/c1-55(2)37-17-9-13-31-25-32-14-10-18-38-50(32)59(49(31)37)53-41(55)27-35(28-42(53)56(38,3)4)45-21-23-47(61-45)48-24-22-46(62-48)36-29-43-54-44(30-36)58(7,8)40-20-12-16-34-26-33-15-11-19-39(57(43,5)6)51(33)60(54)52(34)40/h9-24,27-30H,25-26H2,1-8H3. The maximum Gasteiger partial charge on any atom is 0.243 e. The molecule has 0 saturated carbocycles. The third kappa shape index (κ3) is 4.28. The molecule has 0 atom stereocenters. The molecule has 0 spiro atoms. The fourth-order valence-electron chi connectivity index (χ4n) is 14.0. The minimum atomic E-state index is -0.0897. The third-order valence-electron chi connectivity index (χ3n) is 17.1. The first-order valence-electron chi connectivity index (χ1n) is 22.8. The van der Waals surface area contributed by atoms with Crippen molar-refractivity contribution in [3.63, 3.8) is 0 Å². The molecule has 0 radical (unpaired) electrons. The van der Waals surface area contributed by atoms with Gasteiger partial charge >= 0.3 is 0 Å². The van der Waals surface area contributed by atoms with Crippen LogP contribution in [0.4, 0.5) is 0 Å². The molecule has 0 aliphatic carbocycles. The Balaban J connectivity index is 0.890. The van der Waals surface area contributed by atoms with Crippen molar-refractivity contribution in [3.05, 3.63) is 188 Å². The molecule has 8 aromatic rings. The van der Waals surface area contributed by atoms with E-state index < -0.39 is 0 Å². The Hall–Kier alpha value is -5.15. The van der Waals surface area contributed by atoms with Gasteiger partial charge in [-0.15, -0.1) is 22.7 Å². The Morgan fingerprint density at radius 2 is 0.597 bits per heavy atom. The molecule has 0 bridgehead atoms. The Morgan fingerprint density at radius 3 is 0.887 bits per heavy atom. The van der Waals surface area contributed by atoms with Gasteiger partial charge in [0.2, 0.25) is 13.4 Å². The van der Waals surface area contributed by atoms with Crippen LogP contribution in [0.1, 0.15) is 122 Å². The summed E-state index contributed by atoms with van der Waals surface area (Å²) in [5.41, 5.74) is 30.0. The average Bonchev–Trinajstić information content (AvgIpc) is 3.96. The monoisotopic (exact) mass is 830 g/mol. The molecule has 0 N–H and O–H groups in total. The maximum absolute atomic E-state index is 2.58. The highest BCUT2D eigenvalue weighted by Crippen LogP contribution is 2.49. The van der Waals surface area contributed by atoms with Crippen molar-refractivity contribution < 1.29 is 0 Å². The predicted octanol–water partition coefficient (Wildman–Crippen LogP) is 10.2. The van der Waals surface area contributed by atoms with Crippen molar-refractivity contribution in [1.82, 2.24) is 0 Å². The summed E-state index contributed by atoms with van der Waals surface area (Å²) >= 11 is 3.92. The summed E-state index contributed by atoms with van der Waals surface area (Å²) < 4.78 is 0. The molecule has 62 heavy (non-hydrogen) atoms. The van der Waals surface area contributed by atoms with Crippen LogP contribution in [0.5, 0.6) is 0 Å². The molecule has 2 aromatic heterocycles. The van der Waals surface area contributed by atoms with Crippen molar-refractivity contribution in [1.29, 1.82) is 0 Å². The molecule has 14 rings (SSSR count). The highest BCUT2D eigenvalue weighted by molar-refractivity contribution is 7.25. The number of hydrogen-bond acceptors (Lipinski definition) is 2. The fourth-order valence-corrected chi connectivity index (χ4v) is 16.1. The Kier molecular flexibility index (Phi) is 6.74.